The number of hydrogen-bond acceptors (Lipinski definition) is 7. The van der Waals surface area contributed by atoms with Gasteiger partial charge in [0.05, 0.1) is 11.3 Å². The van der Waals surface area contributed by atoms with Crippen LogP contribution in [0.25, 0.3) is 28.0 Å². The highest BCUT2D eigenvalue weighted by Crippen LogP contribution is 2.27. The molecule has 0 radical (unpaired) electrons. The monoisotopic (exact) mass is 374 g/mol. The van der Waals surface area contributed by atoms with Crippen LogP contribution < -0.4 is 0 Å². The number of rotatable bonds is 4. The fourth-order valence-electron chi connectivity index (χ4n) is 2.86. The van der Waals surface area contributed by atoms with Gasteiger partial charge in [-0.2, -0.15) is 4.52 Å². The highest BCUT2D eigenvalue weighted by Gasteiger charge is 2.14. The minimum absolute atomic E-state index is 0.499. The van der Waals surface area contributed by atoms with E-state index in [2.05, 4.69) is 20.3 Å². The third-order valence-corrected chi connectivity index (χ3v) is 4.98. The molecule has 0 spiro atoms. The zero-order chi connectivity index (χ0) is 18.2. The van der Waals surface area contributed by atoms with Crippen LogP contribution in [0.5, 0.6) is 0 Å². The lowest BCUT2D eigenvalue weighted by Gasteiger charge is -2.04. The first kappa shape index (κ1) is 16.0. The minimum atomic E-state index is 0.499. The van der Waals surface area contributed by atoms with Crippen LogP contribution in [-0.4, -0.2) is 29.8 Å². The molecule has 3 heterocycles. The number of hydrogen-bond donors (Lipinski definition) is 0. The third kappa shape index (κ3) is 2.93. The summed E-state index contributed by atoms with van der Waals surface area (Å²) in [4.78, 5) is 9.28. The summed E-state index contributed by atoms with van der Waals surface area (Å²) < 4.78 is 7.55. The molecular weight excluding hydrogens is 360 g/mol. The Kier molecular flexibility index (Phi) is 3.83. The van der Waals surface area contributed by atoms with Gasteiger partial charge >= 0.3 is 0 Å². The maximum absolute atomic E-state index is 5.78. The van der Waals surface area contributed by atoms with E-state index in [1.54, 1.807) is 4.52 Å². The maximum Gasteiger partial charge on any atom is 0.247 e. The summed E-state index contributed by atoms with van der Waals surface area (Å²) in [6.07, 6.45) is 0. The number of benzene rings is 2. The van der Waals surface area contributed by atoms with Crippen molar-refractivity contribution >= 4 is 28.3 Å². The predicted octanol–water partition coefficient (Wildman–Crippen LogP) is 3.93. The normalized spacial score (nSPS) is 11.4. The highest BCUT2D eigenvalue weighted by molar-refractivity contribution is 7.98. The van der Waals surface area contributed by atoms with Gasteiger partial charge in [0.25, 0.3) is 0 Å². The fraction of sp³-hybridized carbons (Fsp3) is 0.105. The first-order valence-corrected chi connectivity index (χ1v) is 9.39. The molecule has 0 saturated carbocycles. The molecule has 132 valence electrons. The van der Waals surface area contributed by atoms with Crippen molar-refractivity contribution in [2.45, 2.75) is 17.8 Å². The summed E-state index contributed by atoms with van der Waals surface area (Å²) in [5, 5.41) is 14.5. The fourth-order valence-corrected chi connectivity index (χ4v) is 3.64. The Bertz CT molecular complexity index is 1250. The second kappa shape index (κ2) is 6.48. The van der Waals surface area contributed by atoms with Crippen molar-refractivity contribution in [1.29, 1.82) is 0 Å². The van der Waals surface area contributed by atoms with Gasteiger partial charge < -0.3 is 4.42 Å². The molecule has 0 aliphatic heterocycles. The Morgan fingerprint density at radius 2 is 1.78 bits per heavy atom. The molecule has 0 saturated heterocycles. The minimum Gasteiger partial charge on any atom is -0.420 e. The van der Waals surface area contributed by atoms with Crippen LogP contribution in [0.1, 0.15) is 11.7 Å². The standard InChI is InChI=1S/C19H14N6OS/c1-12-20-17-14-9-5-6-10-15(14)21-19(25(17)24-12)27-11-16-22-23-18(26-16)13-7-3-2-4-8-13/h2-10H,11H2,1H3. The summed E-state index contributed by atoms with van der Waals surface area (Å²) in [5.74, 6) is 2.26. The molecule has 2 aromatic carbocycles. The van der Waals surface area contributed by atoms with Gasteiger partial charge in [0, 0.05) is 10.9 Å². The van der Waals surface area contributed by atoms with Gasteiger partial charge in [-0.15, -0.1) is 15.3 Å². The Labute approximate surface area is 158 Å². The van der Waals surface area contributed by atoms with Crippen LogP contribution in [0.15, 0.2) is 64.2 Å². The average molecular weight is 374 g/mol. The quantitative estimate of drug-likeness (QED) is 0.348. The van der Waals surface area contributed by atoms with Crippen LogP contribution in [0.2, 0.25) is 0 Å². The molecule has 0 amide bonds. The molecule has 0 fully saturated rings. The molecule has 7 nitrogen and oxygen atoms in total. The van der Waals surface area contributed by atoms with Crippen LogP contribution in [0.3, 0.4) is 0 Å². The summed E-state index contributed by atoms with van der Waals surface area (Å²) in [5.41, 5.74) is 2.59. The van der Waals surface area contributed by atoms with Crippen LogP contribution >= 0.6 is 11.8 Å². The summed E-state index contributed by atoms with van der Waals surface area (Å²) in [7, 11) is 0. The van der Waals surface area contributed by atoms with E-state index in [1.165, 1.54) is 11.8 Å². The van der Waals surface area contributed by atoms with E-state index in [1.807, 2.05) is 61.5 Å². The first-order valence-electron chi connectivity index (χ1n) is 8.41. The molecule has 3 aromatic heterocycles. The van der Waals surface area contributed by atoms with Crippen LogP contribution in [0.4, 0.5) is 0 Å². The van der Waals surface area contributed by atoms with Gasteiger partial charge in [0.2, 0.25) is 11.8 Å². The maximum atomic E-state index is 5.78. The lowest BCUT2D eigenvalue weighted by molar-refractivity contribution is 0.528. The number of nitrogens with zero attached hydrogens (tertiary/aromatic N) is 6. The first-order chi connectivity index (χ1) is 13.3. The Morgan fingerprint density at radius 3 is 2.67 bits per heavy atom. The zero-order valence-electron chi connectivity index (χ0n) is 14.4. The molecule has 0 aliphatic carbocycles. The highest BCUT2D eigenvalue weighted by atomic mass is 32.2. The number of thioether (sulfide) groups is 1. The van der Waals surface area contributed by atoms with Crippen molar-refractivity contribution in [3.8, 4) is 11.5 Å². The largest absolute Gasteiger partial charge is 0.420 e. The van der Waals surface area contributed by atoms with Gasteiger partial charge in [-0.3, -0.25) is 0 Å². The van der Waals surface area contributed by atoms with Crippen molar-refractivity contribution in [1.82, 2.24) is 29.8 Å². The Balaban J connectivity index is 1.47. The molecule has 27 heavy (non-hydrogen) atoms. The number of aryl methyl sites for hydroxylation is 1. The van der Waals surface area contributed by atoms with Crippen molar-refractivity contribution in [3.63, 3.8) is 0 Å². The summed E-state index contributed by atoms with van der Waals surface area (Å²) in [6, 6.07) is 17.6. The zero-order valence-corrected chi connectivity index (χ0v) is 15.2. The molecule has 0 aliphatic rings. The van der Waals surface area contributed by atoms with Gasteiger partial charge in [0.15, 0.2) is 10.8 Å². The lowest BCUT2D eigenvalue weighted by atomic mass is 10.2. The van der Waals surface area contributed by atoms with Crippen LogP contribution in [0, 0.1) is 6.92 Å². The third-order valence-electron chi connectivity index (χ3n) is 4.07. The van der Waals surface area contributed by atoms with Crippen molar-refractivity contribution in [2.75, 3.05) is 0 Å². The molecule has 0 unspecified atom stereocenters. The van der Waals surface area contributed by atoms with Gasteiger partial charge in [0.1, 0.15) is 5.82 Å². The van der Waals surface area contributed by atoms with Crippen molar-refractivity contribution in [2.24, 2.45) is 0 Å². The van der Waals surface area contributed by atoms with Gasteiger partial charge in [-0.25, -0.2) is 9.97 Å². The van der Waals surface area contributed by atoms with Crippen molar-refractivity contribution < 1.29 is 4.42 Å². The summed E-state index contributed by atoms with van der Waals surface area (Å²) >= 11 is 1.49. The van der Waals surface area contributed by atoms with Gasteiger partial charge in [-0.05, 0) is 31.2 Å². The van der Waals surface area contributed by atoms with E-state index in [4.69, 9.17) is 9.40 Å². The lowest BCUT2D eigenvalue weighted by Crippen LogP contribution is -1.98. The Morgan fingerprint density at radius 1 is 0.963 bits per heavy atom. The number of fused-ring (bicyclic) bond motifs is 3. The molecule has 5 rings (SSSR count). The van der Waals surface area contributed by atoms with E-state index >= 15 is 0 Å². The average Bonchev–Trinajstić information content (AvgIpc) is 3.33. The van der Waals surface area contributed by atoms with Crippen molar-refractivity contribution in [3.05, 3.63) is 66.3 Å². The predicted molar refractivity (Wildman–Crippen MR) is 102 cm³/mol. The molecule has 8 heteroatoms. The van der Waals surface area contributed by atoms with E-state index < -0.39 is 0 Å². The smallest absolute Gasteiger partial charge is 0.247 e. The summed E-state index contributed by atoms with van der Waals surface area (Å²) in [6.45, 7) is 1.88. The van der Waals surface area contributed by atoms with E-state index in [9.17, 15) is 0 Å². The second-order valence-electron chi connectivity index (χ2n) is 5.96. The number of para-hydroxylation sites is 1. The van der Waals surface area contributed by atoms with Gasteiger partial charge in [-0.1, -0.05) is 42.1 Å². The molecule has 5 aromatic rings. The molecular formula is C19H14N6OS. The second-order valence-corrected chi connectivity index (χ2v) is 6.90. The van der Waals surface area contributed by atoms with E-state index in [0.29, 0.717) is 23.4 Å². The SMILES string of the molecule is Cc1nc2c3ccccc3nc(SCc3nnc(-c4ccccc4)o3)n2n1. The topological polar surface area (TPSA) is 82.0 Å². The molecule has 0 N–H and O–H groups in total. The Hall–Kier alpha value is -3.26. The number of aromatic nitrogens is 6. The molecule has 0 bridgehead atoms. The van der Waals surface area contributed by atoms with E-state index in [-0.39, 0.29) is 0 Å². The molecule has 0 atom stereocenters. The van der Waals surface area contributed by atoms with Crippen LogP contribution in [-0.2, 0) is 5.75 Å². The van der Waals surface area contributed by atoms with E-state index in [0.717, 1.165) is 27.3 Å².